The lowest BCUT2D eigenvalue weighted by Crippen LogP contribution is -2.38. The van der Waals surface area contributed by atoms with E-state index in [1.165, 1.54) is 16.7 Å². The summed E-state index contributed by atoms with van der Waals surface area (Å²) >= 11 is 0. The summed E-state index contributed by atoms with van der Waals surface area (Å²) in [6.07, 6.45) is 2.37. The molecule has 0 saturated carbocycles. The second-order valence-corrected chi connectivity index (χ2v) is 5.94. The van der Waals surface area contributed by atoms with E-state index in [4.69, 9.17) is 0 Å². The van der Waals surface area contributed by atoms with Gasteiger partial charge in [-0.15, -0.1) is 0 Å². The number of rotatable bonds is 1. The molecule has 4 amide bonds. The molecule has 23 heavy (non-hydrogen) atoms. The molecule has 0 aromatic heterocycles. The van der Waals surface area contributed by atoms with Crippen molar-refractivity contribution in [2.24, 2.45) is 0 Å². The van der Waals surface area contributed by atoms with Gasteiger partial charge in [0.05, 0.1) is 13.1 Å². The van der Waals surface area contributed by atoms with Crippen molar-refractivity contribution in [3.8, 4) is 0 Å². The highest BCUT2D eigenvalue weighted by molar-refractivity contribution is 5.95. The van der Waals surface area contributed by atoms with Gasteiger partial charge in [0.2, 0.25) is 24.1 Å². The van der Waals surface area contributed by atoms with Crippen LogP contribution in [-0.2, 0) is 19.2 Å². The minimum Gasteiger partial charge on any atom is -0.298 e. The SMILES string of the molecule is CC(=O)N1CCCN(C)CC1=O.CN1CCCN(C=O)C(=O)C1. The number of likely N-dealkylation sites (N-methyl/N-ethyl adjacent to an activating group) is 2. The van der Waals surface area contributed by atoms with Gasteiger partial charge in [-0.3, -0.25) is 38.8 Å². The average molecular weight is 326 g/mol. The van der Waals surface area contributed by atoms with E-state index >= 15 is 0 Å². The van der Waals surface area contributed by atoms with Crippen molar-refractivity contribution in [2.75, 3.05) is 53.4 Å². The maximum Gasteiger partial charge on any atom is 0.243 e. The van der Waals surface area contributed by atoms with E-state index in [9.17, 15) is 19.2 Å². The molecule has 0 spiro atoms. The van der Waals surface area contributed by atoms with Crippen LogP contribution in [0.25, 0.3) is 0 Å². The summed E-state index contributed by atoms with van der Waals surface area (Å²) in [6.45, 7) is 5.05. The number of carbonyl (C=O) groups excluding carboxylic acids is 4. The Kier molecular flexibility index (Phi) is 7.84. The summed E-state index contributed by atoms with van der Waals surface area (Å²) in [7, 11) is 3.77. The number of carbonyl (C=O) groups is 4. The Morgan fingerprint density at radius 1 is 0.913 bits per heavy atom. The molecule has 2 aliphatic heterocycles. The van der Waals surface area contributed by atoms with Gasteiger partial charge in [0.15, 0.2) is 0 Å². The molecule has 0 aromatic rings. The Labute approximate surface area is 137 Å². The van der Waals surface area contributed by atoms with Crippen LogP contribution in [0.4, 0.5) is 0 Å². The van der Waals surface area contributed by atoms with Gasteiger partial charge in [-0.2, -0.15) is 0 Å². The fraction of sp³-hybridized carbons (Fsp3) is 0.733. The predicted molar refractivity (Wildman–Crippen MR) is 84.4 cm³/mol. The third kappa shape index (κ3) is 6.45. The highest BCUT2D eigenvalue weighted by Gasteiger charge is 2.22. The predicted octanol–water partition coefficient (Wildman–Crippen LogP) is -0.996. The van der Waals surface area contributed by atoms with Crippen LogP contribution in [0.15, 0.2) is 0 Å². The standard InChI is InChI=1S/C8H14N2O2.C7H12N2O2/c1-7(11)10-5-3-4-9(2)6-8(10)12;1-8-3-2-4-9(6-10)7(11)5-8/h3-6H2,1-2H3;6H,2-5H2,1H3. The molecule has 2 heterocycles. The van der Waals surface area contributed by atoms with Crippen LogP contribution in [0.3, 0.4) is 0 Å². The lowest BCUT2D eigenvalue weighted by atomic mass is 10.4. The first kappa shape index (κ1) is 19.2. The Hall–Kier alpha value is -1.80. The summed E-state index contributed by atoms with van der Waals surface area (Å²) in [6, 6.07) is 0. The van der Waals surface area contributed by atoms with Crippen LogP contribution in [-0.4, -0.2) is 97.1 Å². The molecule has 2 saturated heterocycles. The van der Waals surface area contributed by atoms with Gasteiger partial charge in [-0.1, -0.05) is 0 Å². The van der Waals surface area contributed by atoms with Crippen molar-refractivity contribution in [2.45, 2.75) is 19.8 Å². The quantitative estimate of drug-likeness (QED) is 0.575. The molecule has 0 aliphatic carbocycles. The minimum absolute atomic E-state index is 0.0810. The zero-order valence-electron chi connectivity index (χ0n) is 14.2. The second kappa shape index (κ2) is 9.36. The molecule has 2 fully saturated rings. The monoisotopic (exact) mass is 326 g/mol. The minimum atomic E-state index is -0.143. The Balaban J connectivity index is 0.000000231. The van der Waals surface area contributed by atoms with Gasteiger partial charge < -0.3 is 0 Å². The lowest BCUT2D eigenvalue weighted by Gasteiger charge is -2.15. The third-order valence-corrected chi connectivity index (χ3v) is 3.80. The second-order valence-electron chi connectivity index (χ2n) is 5.94. The molecule has 130 valence electrons. The van der Waals surface area contributed by atoms with Gasteiger partial charge >= 0.3 is 0 Å². The fourth-order valence-corrected chi connectivity index (χ4v) is 2.50. The number of amides is 4. The average Bonchev–Trinajstić information content (AvgIpc) is 2.74. The normalized spacial score (nSPS) is 21.2. The first-order valence-electron chi connectivity index (χ1n) is 7.78. The highest BCUT2D eigenvalue weighted by Crippen LogP contribution is 2.02. The maximum atomic E-state index is 11.3. The summed E-state index contributed by atoms with van der Waals surface area (Å²) < 4.78 is 0. The molecule has 0 N–H and O–H groups in total. The Morgan fingerprint density at radius 3 is 1.96 bits per heavy atom. The number of nitrogens with zero attached hydrogens (tertiary/aromatic N) is 4. The Morgan fingerprint density at radius 2 is 1.43 bits per heavy atom. The lowest BCUT2D eigenvalue weighted by molar-refractivity contribution is -0.143. The van der Waals surface area contributed by atoms with Crippen LogP contribution in [0.5, 0.6) is 0 Å². The summed E-state index contributed by atoms with van der Waals surface area (Å²) in [5, 5.41) is 0. The molecule has 0 unspecified atom stereocenters. The van der Waals surface area contributed by atoms with Crippen molar-refractivity contribution < 1.29 is 19.2 Å². The van der Waals surface area contributed by atoms with E-state index < -0.39 is 0 Å². The molecule has 8 nitrogen and oxygen atoms in total. The van der Waals surface area contributed by atoms with Crippen molar-refractivity contribution in [3.05, 3.63) is 0 Å². The van der Waals surface area contributed by atoms with Crippen molar-refractivity contribution in [3.63, 3.8) is 0 Å². The summed E-state index contributed by atoms with van der Waals surface area (Å²) in [5.74, 6) is -0.321. The molecule has 0 aromatic carbocycles. The van der Waals surface area contributed by atoms with E-state index in [1.807, 2.05) is 23.9 Å². The van der Waals surface area contributed by atoms with Crippen molar-refractivity contribution in [1.29, 1.82) is 0 Å². The topological polar surface area (TPSA) is 81.2 Å². The van der Waals surface area contributed by atoms with E-state index in [0.29, 0.717) is 32.6 Å². The smallest absolute Gasteiger partial charge is 0.243 e. The molecular weight excluding hydrogens is 300 g/mol. The highest BCUT2D eigenvalue weighted by atomic mass is 16.2. The zero-order valence-corrected chi connectivity index (χ0v) is 14.2. The first-order valence-corrected chi connectivity index (χ1v) is 7.78. The van der Waals surface area contributed by atoms with Crippen LogP contribution >= 0.6 is 0 Å². The van der Waals surface area contributed by atoms with Crippen molar-refractivity contribution in [1.82, 2.24) is 19.6 Å². The molecule has 0 atom stereocenters. The molecule has 8 heteroatoms. The van der Waals surface area contributed by atoms with Gasteiger partial charge in [-0.25, -0.2) is 0 Å². The number of hydrogen-bond donors (Lipinski definition) is 0. The van der Waals surface area contributed by atoms with E-state index in [2.05, 4.69) is 0 Å². The number of hydrogen-bond acceptors (Lipinski definition) is 6. The van der Waals surface area contributed by atoms with Crippen LogP contribution in [0, 0.1) is 0 Å². The molecule has 2 aliphatic rings. The fourth-order valence-electron chi connectivity index (χ4n) is 2.50. The van der Waals surface area contributed by atoms with E-state index in [1.54, 1.807) is 0 Å². The van der Waals surface area contributed by atoms with Crippen LogP contribution < -0.4 is 0 Å². The largest absolute Gasteiger partial charge is 0.298 e. The maximum absolute atomic E-state index is 11.3. The number of imide groups is 2. The van der Waals surface area contributed by atoms with Gasteiger partial charge in [0.25, 0.3) is 0 Å². The zero-order chi connectivity index (χ0) is 17.4. The van der Waals surface area contributed by atoms with Gasteiger partial charge in [0.1, 0.15) is 0 Å². The molecule has 0 bridgehead atoms. The first-order chi connectivity index (χ1) is 10.8. The third-order valence-electron chi connectivity index (χ3n) is 3.80. The van der Waals surface area contributed by atoms with Gasteiger partial charge in [0, 0.05) is 33.1 Å². The van der Waals surface area contributed by atoms with E-state index in [-0.39, 0.29) is 17.7 Å². The summed E-state index contributed by atoms with van der Waals surface area (Å²) in [4.78, 5) is 50.1. The summed E-state index contributed by atoms with van der Waals surface area (Å²) in [5.41, 5.74) is 0. The molecular formula is C15H26N4O4. The van der Waals surface area contributed by atoms with Gasteiger partial charge in [-0.05, 0) is 26.9 Å². The molecule has 2 rings (SSSR count). The van der Waals surface area contributed by atoms with E-state index in [0.717, 1.165) is 25.9 Å². The molecule has 0 radical (unpaired) electrons. The Bertz CT molecular complexity index is 455. The van der Waals surface area contributed by atoms with Crippen molar-refractivity contribution >= 4 is 24.1 Å². The van der Waals surface area contributed by atoms with Crippen LogP contribution in [0.2, 0.25) is 0 Å². The van der Waals surface area contributed by atoms with Crippen LogP contribution in [0.1, 0.15) is 19.8 Å².